The second kappa shape index (κ2) is 18.7. The van der Waals surface area contributed by atoms with Gasteiger partial charge < -0.3 is 33.2 Å². The van der Waals surface area contributed by atoms with Gasteiger partial charge in [0.2, 0.25) is 0 Å². The van der Waals surface area contributed by atoms with E-state index in [9.17, 15) is 0 Å². The van der Waals surface area contributed by atoms with E-state index in [0.717, 1.165) is 36.1 Å². The molecule has 0 aliphatic carbocycles. The van der Waals surface area contributed by atoms with E-state index in [4.69, 9.17) is 33.2 Å². The summed E-state index contributed by atoms with van der Waals surface area (Å²) in [6, 6.07) is 31.1. The van der Waals surface area contributed by atoms with Gasteiger partial charge in [-0.05, 0) is 36.0 Å². The fourth-order valence-corrected chi connectivity index (χ4v) is 4.87. The Morgan fingerprint density at radius 3 is 1.34 bits per heavy atom. The molecule has 41 heavy (non-hydrogen) atoms. The summed E-state index contributed by atoms with van der Waals surface area (Å²) in [5.41, 5.74) is 2.50. The van der Waals surface area contributed by atoms with Crippen LogP contribution in [0.5, 0.6) is 0 Å². The Morgan fingerprint density at radius 2 is 0.927 bits per heavy atom. The van der Waals surface area contributed by atoms with E-state index >= 15 is 0 Å². The van der Waals surface area contributed by atoms with Gasteiger partial charge in [-0.25, -0.2) is 0 Å². The summed E-state index contributed by atoms with van der Waals surface area (Å²) in [6.45, 7) is 5.87. The summed E-state index contributed by atoms with van der Waals surface area (Å²) in [5, 5.41) is 0. The van der Waals surface area contributed by atoms with E-state index in [2.05, 4.69) is 36.4 Å². The number of hydrogen-bond donors (Lipinski definition) is 0. The summed E-state index contributed by atoms with van der Waals surface area (Å²) in [4.78, 5) is 0. The zero-order valence-electron chi connectivity index (χ0n) is 24.0. The van der Waals surface area contributed by atoms with Crippen molar-refractivity contribution in [2.75, 3.05) is 72.7 Å². The third-order valence-corrected chi connectivity index (χ3v) is 6.87. The second-order valence-electron chi connectivity index (χ2n) is 9.74. The predicted molar refractivity (Wildman–Crippen MR) is 158 cm³/mol. The molecule has 1 aliphatic heterocycles. The highest BCUT2D eigenvalue weighted by molar-refractivity contribution is 5.47. The molecule has 0 spiro atoms. The zero-order chi connectivity index (χ0) is 28.3. The van der Waals surface area contributed by atoms with Gasteiger partial charge in [-0.2, -0.15) is 0 Å². The minimum Gasteiger partial charge on any atom is -0.377 e. The van der Waals surface area contributed by atoms with E-state index in [0.29, 0.717) is 66.1 Å². The van der Waals surface area contributed by atoms with Crippen LogP contribution >= 0.6 is 0 Å². The Hall–Kier alpha value is -2.62. The lowest BCUT2D eigenvalue weighted by molar-refractivity contribution is -0.169. The predicted octanol–water partition coefficient (Wildman–Crippen LogP) is 5.60. The standard InChI is InChI=1S/C34H44O7/c1-4-12-30(13-5-1)34(31-14-6-2-7-15-31,32-16-8-3-9-17-32)41-29-27-38-25-23-36-21-20-35-22-24-37-26-28-40-33-18-10-11-19-39-33/h1-9,12-17,33H,10-11,18-29H2. The van der Waals surface area contributed by atoms with Crippen molar-refractivity contribution in [3.63, 3.8) is 0 Å². The van der Waals surface area contributed by atoms with E-state index in [1.165, 1.54) is 6.42 Å². The van der Waals surface area contributed by atoms with Gasteiger partial charge in [0.15, 0.2) is 6.29 Å². The quantitative estimate of drug-likeness (QED) is 0.131. The van der Waals surface area contributed by atoms with Crippen LogP contribution in [0.2, 0.25) is 0 Å². The lowest BCUT2D eigenvalue weighted by Gasteiger charge is -2.36. The van der Waals surface area contributed by atoms with E-state index in [1.807, 2.05) is 54.6 Å². The minimum absolute atomic E-state index is 0.0660. The Bertz CT molecular complexity index is 946. The Kier molecular flexibility index (Phi) is 14.3. The van der Waals surface area contributed by atoms with Crippen molar-refractivity contribution in [2.24, 2.45) is 0 Å². The fourth-order valence-electron chi connectivity index (χ4n) is 4.87. The van der Waals surface area contributed by atoms with Crippen molar-refractivity contribution >= 4 is 0 Å². The van der Waals surface area contributed by atoms with Crippen molar-refractivity contribution in [2.45, 2.75) is 31.2 Å². The largest absolute Gasteiger partial charge is 0.377 e. The van der Waals surface area contributed by atoms with Crippen molar-refractivity contribution in [1.82, 2.24) is 0 Å². The van der Waals surface area contributed by atoms with Gasteiger partial charge in [0.25, 0.3) is 0 Å². The van der Waals surface area contributed by atoms with Crippen LogP contribution in [0.3, 0.4) is 0 Å². The van der Waals surface area contributed by atoms with Gasteiger partial charge in [-0.15, -0.1) is 0 Å². The third kappa shape index (κ3) is 10.3. The van der Waals surface area contributed by atoms with Crippen molar-refractivity contribution in [3.05, 3.63) is 108 Å². The van der Waals surface area contributed by atoms with Gasteiger partial charge in [-0.3, -0.25) is 0 Å². The first-order chi connectivity index (χ1) is 20.4. The van der Waals surface area contributed by atoms with Gasteiger partial charge in [0.1, 0.15) is 5.60 Å². The smallest absolute Gasteiger partial charge is 0.157 e. The molecule has 222 valence electrons. The first kappa shape index (κ1) is 31.3. The lowest BCUT2D eigenvalue weighted by Crippen LogP contribution is -2.34. The molecule has 7 nitrogen and oxygen atoms in total. The first-order valence-electron chi connectivity index (χ1n) is 14.7. The molecule has 0 radical (unpaired) electrons. The van der Waals surface area contributed by atoms with Crippen LogP contribution in [-0.2, 0) is 38.8 Å². The molecule has 0 bridgehead atoms. The topological polar surface area (TPSA) is 64.6 Å². The van der Waals surface area contributed by atoms with Crippen LogP contribution in [-0.4, -0.2) is 79.0 Å². The van der Waals surface area contributed by atoms with Crippen molar-refractivity contribution in [1.29, 1.82) is 0 Å². The maximum absolute atomic E-state index is 6.71. The molecule has 4 rings (SSSR count). The maximum atomic E-state index is 6.71. The van der Waals surface area contributed by atoms with E-state index < -0.39 is 5.60 Å². The number of hydrogen-bond acceptors (Lipinski definition) is 7. The Labute approximate surface area is 244 Å². The number of rotatable bonds is 20. The molecule has 3 aromatic rings. The van der Waals surface area contributed by atoms with Gasteiger partial charge in [-0.1, -0.05) is 91.0 Å². The number of benzene rings is 3. The third-order valence-electron chi connectivity index (χ3n) is 6.87. The fraction of sp³-hybridized carbons (Fsp3) is 0.471. The summed E-state index contributed by atoms with van der Waals surface area (Å²) >= 11 is 0. The summed E-state index contributed by atoms with van der Waals surface area (Å²) < 4.78 is 40.5. The molecular formula is C34H44O7. The average Bonchev–Trinajstić information content (AvgIpc) is 3.04. The molecule has 0 aromatic heterocycles. The van der Waals surface area contributed by atoms with Gasteiger partial charge >= 0.3 is 0 Å². The minimum atomic E-state index is -0.735. The lowest BCUT2D eigenvalue weighted by atomic mass is 9.80. The van der Waals surface area contributed by atoms with Crippen LogP contribution in [0.25, 0.3) is 0 Å². The highest BCUT2D eigenvalue weighted by atomic mass is 16.7. The molecule has 1 saturated heterocycles. The molecule has 7 heteroatoms. The van der Waals surface area contributed by atoms with E-state index in [-0.39, 0.29) is 6.29 Å². The summed E-state index contributed by atoms with van der Waals surface area (Å²) in [6.07, 6.45) is 3.20. The Morgan fingerprint density at radius 1 is 0.512 bits per heavy atom. The van der Waals surface area contributed by atoms with Crippen molar-refractivity contribution < 1.29 is 33.2 Å². The highest BCUT2D eigenvalue weighted by Gasteiger charge is 2.37. The molecule has 1 aliphatic rings. The van der Waals surface area contributed by atoms with Crippen LogP contribution < -0.4 is 0 Å². The molecule has 1 fully saturated rings. The highest BCUT2D eigenvalue weighted by Crippen LogP contribution is 2.40. The summed E-state index contributed by atoms with van der Waals surface area (Å²) in [5.74, 6) is 0. The van der Waals surface area contributed by atoms with Crippen LogP contribution in [0.15, 0.2) is 91.0 Å². The molecule has 0 saturated carbocycles. The van der Waals surface area contributed by atoms with Crippen LogP contribution in [0, 0.1) is 0 Å². The maximum Gasteiger partial charge on any atom is 0.157 e. The molecule has 1 unspecified atom stereocenters. The van der Waals surface area contributed by atoms with Crippen LogP contribution in [0.1, 0.15) is 36.0 Å². The molecule has 1 atom stereocenters. The van der Waals surface area contributed by atoms with Gasteiger partial charge in [0.05, 0.1) is 66.1 Å². The molecule has 1 heterocycles. The van der Waals surface area contributed by atoms with E-state index in [1.54, 1.807) is 0 Å². The molecule has 3 aromatic carbocycles. The number of ether oxygens (including phenoxy) is 7. The second-order valence-corrected chi connectivity index (χ2v) is 9.74. The van der Waals surface area contributed by atoms with Gasteiger partial charge in [0, 0.05) is 6.61 Å². The van der Waals surface area contributed by atoms with Crippen molar-refractivity contribution in [3.8, 4) is 0 Å². The van der Waals surface area contributed by atoms with Crippen LogP contribution in [0.4, 0.5) is 0 Å². The normalized spacial score (nSPS) is 15.7. The monoisotopic (exact) mass is 564 g/mol. The first-order valence-corrected chi connectivity index (χ1v) is 14.7. The molecule has 0 amide bonds. The molecular weight excluding hydrogens is 520 g/mol. The zero-order valence-corrected chi connectivity index (χ0v) is 24.0. The average molecular weight is 565 g/mol. The summed E-state index contributed by atoms with van der Waals surface area (Å²) in [7, 11) is 0. The Balaban J connectivity index is 1.09. The molecule has 0 N–H and O–H groups in total. The SMILES string of the molecule is c1ccc(C(OCCOCCOCCOCCOCCOC2CCCCO2)(c2ccccc2)c2ccccc2)cc1.